The molecule has 0 radical (unpaired) electrons. The highest BCUT2D eigenvalue weighted by Crippen LogP contribution is 2.21. The minimum Gasteiger partial charge on any atom is -0.343 e. The van der Waals surface area contributed by atoms with Crippen LogP contribution in [0.1, 0.15) is 16.3 Å². The van der Waals surface area contributed by atoms with Crippen LogP contribution in [0, 0.1) is 5.82 Å². The first-order chi connectivity index (χ1) is 13.2. The summed E-state index contributed by atoms with van der Waals surface area (Å²) in [5.41, 5.74) is 0.991. The van der Waals surface area contributed by atoms with E-state index in [1.807, 2.05) is 22.4 Å². The Morgan fingerprint density at radius 2 is 1.89 bits per heavy atom. The Kier molecular flexibility index (Phi) is 5.45. The molecule has 3 heterocycles. The number of nitrogens with zero attached hydrogens (tertiary/aromatic N) is 4. The number of aromatic nitrogens is 2. The van der Waals surface area contributed by atoms with Crippen LogP contribution in [0.4, 0.5) is 9.52 Å². The molecule has 4 rings (SSSR count). The van der Waals surface area contributed by atoms with Crippen molar-refractivity contribution in [3.05, 3.63) is 63.9 Å². The van der Waals surface area contributed by atoms with Gasteiger partial charge >= 0.3 is 0 Å². The molecule has 0 N–H and O–H groups in total. The molecule has 1 fully saturated rings. The predicted molar refractivity (Wildman–Crippen MR) is 106 cm³/mol. The van der Waals surface area contributed by atoms with Crippen molar-refractivity contribution in [1.29, 1.82) is 0 Å². The van der Waals surface area contributed by atoms with Gasteiger partial charge < -0.3 is 9.80 Å². The summed E-state index contributed by atoms with van der Waals surface area (Å²) < 4.78 is 17.4. The van der Waals surface area contributed by atoms with E-state index in [2.05, 4.69) is 14.3 Å². The average molecular weight is 403 g/mol. The number of hydrogen-bond donors (Lipinski definition) is 0. The minimum atomic E-state index is -0.239. The smallest absolute Gasteiger partial charge is 0.227 e. The lowest BCUT2D eigenvalue weighted by Gasteiger charge is -2.34. The highest BCUT2D eigenvalue weighted by atomic mass is 32.1. The first-order valence-electron chi connectivity index (χ1n) is 8.79. The van der Waals surface area contributed by atoms with Gasteiger partial charge in [0.1, 0.15) is 11.6 Å². The molecule has 5 nitrogen and oxygen atoms in total. The number of rotatable bonds is 5. The van der Waals surface area contributed by atoms with E-state index in [-0.39, 0.29) is 11.7 Å². The fourth-order valence-corrected chi connectivity index (χ4v) is 4.48. The van der Waals surface area contributed by atoms with Crippen LogP contribution in [0.25, 0.3) is 0 Å². The number of benzene rings is 1. The molecule has 8 heteroatoms. The number of hydrogen-bond acceptors (Lipinski definition) is 6. The summed E-state index contributed by atoms with van der Waals surface area (Å²) in [5, 5.41) is 2.89. The second kappa shape index (κ2) is 8.14. The average Bonchev–Trinajstić information content (AvgIpc) is 3.36. The third-order valence-electron chi connectivity index (χ3n) is 4.54. The standard InChI is InChI=1S/C19H19FN4OS2/c20-15-5-3-14(4-6-15)12-17-21-19(27-22-17)24-9-7-23(8-10-24)18(25)13-16-2-1-11-26-16/h1-6,11H,7-10,12-13H2. The van der Waals surface area contributed by atoms with Gasteiger partial charge in [-0.25, -0.2) is 9.37 Å². The lowest BCUT2D eigenvalue weighted by atomic mass is 10.1. The largest absolute Gasteiger partial charge is 0.343 e. The Balaban J connectivity index is 1.31. The Morgan fingerprint density at radius 3 is 2.59 bits per heavy atom. The topological polar surface area (TPSA) is 49.3 Å². The molecule has 0 aliphatic carbocycles. The van der Waals surface area contributed by atoms with E-state index in [0.717, 1.165) is 34.5 Å². The van der Waals surface area contributed by atoms with E-state index in [1.54, 1.807) is 23.5 Å². The van der Waals surface area contributed by atoms with Gasteiger partial charge in [-0.15, -0.1) is 11.3 Å². The molecule has 3 aromatic rings. The molecule has 1 saturated heterocycles. The van der Waals surface area contributed by atoms with Gasteiger partial charge in [0.05, 0.1) is 6.42 Å². The highest BCUT2D eigenvalue weighted by Gasteiger charge is 2.23. The molecule has 0 saturated carbocycles. The lowest BCUT2D eigenvalue weighted by molar-refractivity contribution is -0.130. The molecule has 2 aromatic heterocycles. The maximum absolute atomic E-state index is 13.0. The molecular formula is C19H19FN4OS2. The first-order valence-corrected chi connectivity index (χ1v) is 10.4. The summed E-state index contributed by atoms with van der Waals surface area (Å²) in [6.45, 7) is 2.94. The summed E-state index contributed by atoms with van der Waals surface area (Å²) in [4.78, 5) is 22.2. The fourth-order valence-electron chi connectivity index (χ4n) is 3.05. The summed E-state index contributed by atoms with van der Waals surface area (Å²) in [6, 6.07) is 10.4. The van der Waals surface area contributed by atoms with Gasteiger partial charge in [-0.2, -0.15) is 4.37 Å². The van der Waals surface area contributed by atoms with E-state index >= 15 is 0 Å². The zero-order chi connectivity index (χ0) is 18.6. The number of anilines is 1. The Morgan fingerprint density at radius 1 is 1.11 bits per heavy atom. The minimum absolute atomic E-state index is 0.186. The van der Waals surface area contributed by atoms with Crippen LogP contribution in [0.2, 0.25) is 0 Å². The van der Waals surface area contributed by atoms with Crippen LogP contribution >= 0.6 is 22.9 Å². The highest BCUT2D eigenvalue weighted by molar-refractivity contribution is 7.10. The van der Waals surface area contributed by atoms with Gasteiger partial charge in [0.15, 0.2) is 0 Å². The van der Waals surface area contributed by atoms with Crippen molar-refractivity contribution in [3.8, 4) is 0 Å². The molecule has 27 heavy (non-hydrogen) atoms. The normalized spacial score (nSPS) is 14.6. The Bertz CT molecular complexity index is 887. The van der Waals surface area contributed by atoms with Crippen molar-refractivity contribution in [2.75, 3.05) is 31.1 Å². The van der Waals surface area contributed by atoms with Gasteiger partial charge in [0.25, 0.3) is 0 Å². The van der Waals surface area contributed by atoms with Gasteiger partial charge in [0.2, 0.25) is 11.0 Å². The summed E-state index contributed by atoms with van der Waals surface area (Å²) in [7, 11) is 0. The summed E-state index contributed by atoms with van der Waals surface area (Å²) in [5.74, 6) is 0.696. The van der Waals surface area contributed by atoms with Crippen molar-refractivity contribution in [2.24, 2.45) is 0 Å². The molecule has 1 aliphatic rings. The van der Waals surface area contributed by atoms with Crippen molar-refractivity contribution in [1.82, 2.24) is 14.3 Å². The Hall–Kier alpha value is -2.32. The number of carbonyl (C=O) groups is 1. The number of amides is 1. The van der Waals surface area contributed by atoms with Crippen LogP contribution in [0.5, 0.6) is 0 Å². The van der Waals surface area contributed by atoms with Gasteiger partial charge in [-0.3, -0.25) is 4.79 Å². The van der Waals surface area contributed by atoms with Crippen molar-refractivity contribution in [3.63, 3.8) is 0 Å². The van der Waals surface area contributed by atoms with Crippen LogP contribution in [-0.2, 0) is 17.6 Å². The molecule has 1 amide bonds. The molecular weight excluding hydrogens is 383 g/mol. The van der Waals surface area contributed by atoms with Crippen molar-refractivity contribution < 1.29 is 9.18 Å². The zero-order valence-corrected chi connectivity index (χ0v) is 16.3. The van der Waals surface area contributed by atoms with Crippen molar-refractivity contribution in [2.45, 2.75) is 12.8 Å². The number of halogens is 1. The molecule has 0 bridgehead atoms. The lowest BCUT2D eigenvalue weighted by Crippen LogP contribution is -2.49. The van der Waals surface area contributed by atoms with E-state index < -0.39 is 0 Å². The fraction of sp³-hybridized carbons (Fsp3) is 0.316. The second-order valence-corrected chi connectivity index (χ2v) is 8.18. The predicted octanol–water partition coefficient (Wildman–Crippen LogP) is 3.22. The second-order valence-electron chi connectivity index (χ2n) is 6.42. The van der Waals surface area contributed by atoms with Crippen LogP contribution in [-0.4, -0.2) is 46.3 Å². The van der Waals surface area contributed by atoms with Gasteiger partial charge in [-0.1, -0.05) is 18.2 Å². The van der Waals surface area contributed by atoms with E-state index in [1.165, 1.54) is 23.7 Å². The van der Waals surface area contributed by atoms with Crippen molar-refractivity contribution >= 4 is 33.9 Å². The van der Waals surface area contributed by atoms with E-state index in [4.69, 9.17) is 0 Å². The summed E-state index contributed by atoms with van der Waals surface area (Å²) >= 11 is 3.00. The van der Waals surface area contributed by atoms with Crippen LogP contribution in [0.3, 0.4) is 0 Å². The molecule has 0 unspecified atom stereocenters. The van der Waals surface area contributed by atoms with Gasteiger partial charge in [0, 0.05) is 49.0 Å². The first kappa shape index (κ1) is 18.1. The quantitative estimate of drug-likeness (QED) is 0.658. The van der Waals surface area contributed by atoms with E-state index in [0.29, 0.717) is 25.9 Å². The SMILES string of the molecule is O=C(Cc1cccs1)N1CCN(c2nc(Cc3ccc(F)cc3)ns2)CC1. The van der Waals surface area contributed by atoms with Crippen LogP contribution < -0.4 is 4.90 Å². The number of thiophene rings is 1. The van der Waals surface area contributed by atoms with Gasteiger partial charge in [-0.05, 0) is 29.1 Å². The number of carbonyl (C=O) groups excluding carboxylic acids is 1. The molecule has 0 atom stereocenters. The molecule has 140 valence electrons. The zero-order valence-electron chi connectivity index (χ0n) is 14.7. The molecule has 1 aliphatic heterocycles. The summed E-state index contributed by atoms with van der Waals surface area (Å²) in [6.07, 6.45) is 1.08. The monoisotopic (exact) mass is 402 g/mol. The molecule has 1 aromatic carbocycles. The maximum Gasteiger partial charge on any atom is 0.227 e. The molecule has 0 spiro atoms. The third kappa shape index (κ3) is 4.51. The Labute approximate surface area is 165 Å². The van der Waals surface area contributed by atoms with E-state index in [9.17, 15) is 9.18 Å². The third-order valence-corrected chi connectivity index (χ3v) is 6.23. The van der Waals surface area contributed by atoms with Crippen LogP contribution in [0.15, 0.2) is 41.8 Å². The number of piperazine rings is 1. The maximum atomic E-state index is 13.0.